The lowest BCUT2D eigenvalue weighted by molar-refractivity contribution is 0.0237. The second-order valence-electron chi connectivity index (χ2n) is 9.83. The molecule has 2 amide bonds. The predicted molar refractivity (Wildman–Crippen MR) is 123 cm³/mol. The van der Waals surface area contributed by atoms with Crippen molar-refractivity contribution in [3.63, 3.8) is 0 Å². The fourth-order valence-electron chi connectivity index (χ4n) is 4.88. The number of halogens is 7. The van der Waals surface area contributed by atoms with E-state index < -0.39 is 75.7 Å². The molecule has 2 aromatic carbocycles. The van der Waals surface area contributed by atoms with Crippen LogP contribution in [0, 0.1) is 22.9 Å². The first-order valence-corrected chi connectivity index (χ1v) is 13.1. The van der Waals surface area contributed by atoms with Gasteiger partial charge in [0.05, 0.1) is 18.6 Å². The van der Waals surface area contributed by atoms with Gasteiger partial charge in [-0.15, -0.1) is 0 Å². The normalized spacial score (nSPS) is 20.8. The van der Waals surface area contributed by atoms with Crippen molar-refractivity contribution in [2.45, 2.75) is 49.9 Å². The number of amides is 2. The van der Waals surface area contributed by atoms with Crippen LogP contribution in [0.5, 0.6) is 0 Å². The second-order valence-corrected chi connectivity index (χ2v) is 11.5. The van der Waals surface area contributed by atoms with Gasteiger partial charge in [0.15, 0.2) is 0 Å². The van der Waals surface area contributed by atoms with E-state index in [1.165, 1.54) is 18.2 Å². The number of likely N-dealkylation sites (tertiary alicyclic amines) is 1. The van der Waals surface area contributed by atoms with E-state index >= 15 is 4.39 Å². The lowest BCUT2D eigenvalue weighted by Gasteiger charge is -2.30. The van der Waals surface area contributed by atoms with Crippen LogP contribution in [0.15, 0.2) is 36.4 Å². The van der Waals surface area contributed by atoms with Gasteiger partial charge in [-0.25, -0.2) is 39.9 Å². The Hall–Kier alpha value is -2.87. The molecule has 2 aromatic rings. The van der Waals surface area contributed by atoms with Crippen LogP contribution in [-0.2, 0) is 16.4 Å². The summed E-state index contributed by atoms with van der Waals surface area (Å²) in [7, 11) is -5.13. The SMILES string of the molecule is CC(F)(F)CNC(=O)N1CC2(CC2)[C@H](NS(=O)(=O)C(F)F)[C@@H]1Cc1cccc(-c2cc(F)cc(F)c2)c1F. The molecule has 1 saturated carbocycles. The van der Waals surface area contributed by atoms with E-state index in [4.69, 9.17) is 0 Å². The molecule has 1 aliphatic heterocycles. The first-order valence-electron chi connectivity index (χ1n) is 11.6. The van der Waals surface area contributed by atoms with Crippen molar-refractivity contribution in [1.82, 2.24) is 14.9 Å². The van der Waals surface area contributed by atoms with Gasteiger partial charge in [0.1, 0.15) is 17.5 Å². The van der Waals surface area contributed by atoms with Gasteiger partial charge in [-0.1, -0.05) is 18.2 Å². The minimum atomic E-state index is -5.13. The third-order valence-electron chi connectivity index (χ3n) is 6.84. The van der Waals surface area contributed by atoms with Crippen LogP contribution in [0.2, 0.25) is 0 Å². The summed E-state index contributed by atoms with van der Waals surface area (Å²) in [6, 6.07) is 2.86. The minimum Gasteiger partial charge on any atom is -0.332 e. The molecule has 0 radical (unpaired) electrons. The topological polar surface area (TPSA) is 78.5 Å². The molecule has 0 unspecified atom stereocenters. The number of alkyl halides is 4. The Morgan fingerprint density at radius 3 is 2.32 bits per heavy atom. The predicted octanol–water partition coefficient (Wildman–Crippen LogP) is 4.65. The van der Waals surface area contributed by atoms with Crippen LogP contribution in [-0.4, -0.2) is 56.2 Å². The van der Waals surface area contributed by atoms with Crippen LogP contribution < -0.4 is 10.0 Å². The van der Waals surface area contributed by atoms with Crippen molar-refractivity contribution in [2.24, 2.45) is 5.41 Å². The number of sulfonamides is 1. The zero-order chi connectivity index (χ0) is 28.0. The molecule has 2 N–H and O–H groups in total. The molecule has 1 aliphatic carbocycles. The van der Waals surface area contributed by atoms with Crippen LogP contribution in [0.4, 0.5) is 35.5 Å². The number of carbonyl (C=O) groups is 1. The summed E-state index contributed by atoms with van der Waals surface area (Å²) in [6.07, 6.45) is 0.322. The van der Waals surface area contributed by atoms with Crippen LogP contribution in [0.3, 0.4) is 0 Å². The van der Waals surface area contributed by atoms with Crippen molar-refractivity contribution >= 4 is 16.1 Å². The molecule has 2 aliphatic rings. The highest BCUT2D eigenvalue weighted by Crippen LogP contribution is 2.55. The third-order valence-corrected chi connectivity index (χ3v) is 7.89. The minimum absolute atomic E-state index is 0.102. The molecule has 6 nitrogen and oxygen atoms in total. The van der Waals surface area contributed by atoms with E-state index in [0.29, 0.717) is 25.8 Å². The highest BCUT2D eigenvalue weighted by Gasteiger charge is 2.62. The van der Waals surface area contributed by atoms with Gasteiger partial charge in [-0.2, -0.15) is 8.78 Å². The van der Waals surface area contributed by atoms with E-state index in [2.05, 4.69) is 5.32 Å². The van der Waals surface area contributed by atoms with Crippen molar-refractivity contribution in [2.75, 3.05) is 13.1 Å². The van der Waals surface area contributed by atoms with Gasteiger partial charge < -0.3 is 10.2 Å². The number of rotatable bonds is 8. The fraction of sp³-hybridized carbons (Fsp3) is 0.458. The first kappa shape index (κ1) is 28.1. The molecular weight excluding hydrogens is 543 g/mol. The van der Waals surface area contributed by atoms with Gasteiger partial charge in [-0.05, 0) is 42.5 Å². The lowest BCUT2D eigenvalue weighted by atomic mass is 9.91. The van der Waals surface area contributed by atoms with Gasteiger partial charge >= 0.3 is 11.8 Å². The van der Waals surface area contributed by atoms with Crippen molar-refractivity contribution in [3.05, 3.63) is 59.4 Å². The number of hydrogen-bond donors (Lipinski definition) is 2. The summed E-state index contributed by atoms with van der Waals surface area (Å²) < 4.78 is 122. The summed E-state index contributed by atoms with van der Waals surface area (Å²) in [5.74, 6) is -9.87. The van der Waals surface area contributed by atoms with E-state index in [1.807, 2.05) is 4.72 Å². The molecule has 2 atom stereocenters. The van der Waals surface area contributed by atoms with Crippen LogP contribution in [0.1, 0.15) is 25.3 Å². The number of urea groups is 1. The van der Waals surface area contributed by atoms with E-state index in [9.17, 15) is 39.6 Å². The summed E-state index contributed by atoms with van der Waals surface area (Å²) in [4.78, 5) is 13.9. The second kappa shape index (κ2) is 10.0. The summed E-state index contributed by atoms with van der Waals surface area (Å²) in [6.45, 7) is -0.594. The Balaban J connectivity index is 1.71. The molecule has 1 spiro atoms. The number of nitrogens with one attached hydrogen (secondary N) is 2. The average molecular weight is 568 g/mol. The molecular formula is C24H24F7N3O3S. The monoisotopic (exact) mass is 567 g/mol. The summed E-state index contributed by atoms with van der Waals surface area (Å²) >= 11 is 0. The number of hydrogen-bond acceptors (Lipinski definition) is 3. The third kappa shape index (κ3) is 5.90. The fourth-order valence-corrected chi connectivity index (χ4v) is 5.75. The quantitative estimate of drug-likeness (QED) is 0.456. The largest absolute Gasteiger partial charge is 0.350 e. The number of benzene rings is 2. The molecule has 1 heterocycles. The van der Waals surface area contributed by atoms with Crippen LogP contribution in [0.25, 0.3) is 11.1 Å². The zero-order valence-corrected chi connectivity index (χ0v) is 20.8. The Morgan fingerprint density at radius 2 is 1.76 bits per heavy atom. The average Bonchev–Trinajstić information content (AvgIpc) is 3.52. The zero-order valence-electron chi connectivity index (χ0n) is 20.0. The lowest BCUT2D eigenvalue weighted by Crippen LogP contribution is -2.53. The Kier molecular flexibility index (Phi) is 7.43. The van der Waals surface area contributed by atoms with Crippen molar-refractivity contribution < 1.29 is 43.9 Å². The van der Waals surface area contributed by atoms with Crippen molar-refractivity contribution in [3.8, 4) is 11.1 Å². The highest BCUT2D eigenvalue weighted by atomic mass is 32.2. The number of nitrogens with zero attached hydrogens (tertiary/aromatic N) is 1. The van der Waals surface area contributed by atoms with Crippen LogP contribution >= 0.6 is 0 Å². The summed E-state index contributed by atoms with van der Waals surface area (Å²) in [5, 5.41) is 2.05. The van der Waals surface area contributed by atoms with E-state index in [-0.39, 0.29) is 23.2 Å². The maximum Gasteiger partial charge on any atom is 0.350 e. The van der Waals surface area contributed by atoms with Gasteiger partial charge in [0, 0.05) is 30.5 Å². The highest BCUT2D eigenvalue weighted by molar-refractivity contribution is 7.89. The van der Waals surface area contributed by atoms with Gasteiger partial charge in [-0.3, -0.25) is 0 Å². The molecule has 0 aromatic heterocycles. The van der Waals surface area contributed by atoms with Gasteiger partial charge in [0.25, 0.3) is 15.9 Å². The maximum absolute atomic E-state index is 15.6. The molecule has 208 valence electrons. The smallest absolute Gasteiger partial charge is 0.332 e. The molecule has 0 bridgehead atoms. The standard InChI is InChI=1S/C24H24F7N3O3S/c1-23(30,31)11-32-22(35)34-12-24(5-6-24)20(33-38(36,37)21(28)29)18(34)9-13-3-2-4-17(19(13)27)14-7-15(25)10-16(26)8-14/h2-4,7-8,10,18,20-21,33H,5-6,9,11-12H2,1H3,(H,32,35)/t18-,20+/m0/s1. The molecule has 4 rings (SSSR count). The number of carbonyl (C=O) groups excluding carboxylic acids is 1. The molecule has 14 heteroatoms. The molecule has 38 heavy (non-hydrogen) atoms. The van der Waals surface area contributed by atoms with Gasteiger partial charge in [0.2, 0.25) is 0 Å². The molecule has 2 fully saturated rings. The van der Waals surface area contributed by atoms with E-state index in [0.717, 1.165) is 17.0 Å². The van der Waals surface area contributed by atoms with Crippen molar-refractivity contribution in [1.29, 1.82) is 0 Å². The Bertz CT molecular complexity index is 1310. The Morgan fingerprint density at radius 1 is 1.13 bits per heavy atom. The summed E-state index contributed by atoms with van der Waals surface area (Å²) in [5.41, 5.74) is -1.35. The van der Waals surface area contributed by atoms with E-state index in [1.54, 1.807) is 0 Å². The maximum atomic E-state index is 15.6. The Labute approximate surface area is 214 Å². The first-order chi connectivity index (χ1) is 17.6. The molecule has 1 saturated heterocycles.